The highest BCUT2D eigenvalue weighted by atomic mass is 19.1. The number of pyridine rings is 1. The molecule has 0 aliphatic carbocycles. The summed E-state index contributed by atoms with van der Waals surface area (Å²) in [7, 11) is 0. The van der Waals surface area contributed by atoms with E-state index in [4.69, 9.17) is 5.73 Å². The van der Waals surface area contributed by atoms with Crippen molar-refractivity contribution in [3.8, 4) is 11.3 Å². The minimum Gasteiger partial charge on any atom is -0.382 e. The van der Waals surface area contributed by atoms with Crippen LogP contribution in [0, 0.1) is 5.82 Å². The summed E-state index contributed by atoms with van der Waals surface area (Å²) >= 11 is 0. The molecule has 4 N–H and O–H groups in total. The molecular weight excluding hydrogens is 385 g/mol. The summed E-state index contributed by atoms with van der Waals surface area (Å²) in [6.45, 7) is -0.0871. The van der Waals surface area contributed by atoms with E-state index in [1.54, 1.807) is 24.5 Å². The van der Waals surface area contributed by atoms with Gasteiger partial charge in [-0.3, -0.25) is 14.6 Å². The first-order valence-corrected chi connectivity index (χ1v) is 9.19. The number of aromatic amines is 1. The number of rotatable bonds is 4. The number of halogens is 1. The van der Waals surface area contributed by atoms with Crippen molar-refractivity contribution in [2.75, 3.05) is 11.1 Å². The minimum atomic E-state index is -0.496. The van der Waals surface area contributed by atoms with Gasteiger partial charge < -0.3 is 11.1 Å². The number of carbonyl (C=O) groups excluding carboxylic acids is 1. The Balaban J connectivity index is 1.49. The van der Waals surface area contributed by atoms with Crippen LogP contribution in [-0.4, -0.2) is 30.9 Å². The molecule has 30 heavy (non-hydrogen) atoms. The summed E-state index contributed by atoms with van der Waals surface area (Å²) in [5.74, 6) is -0.623. The first kappa shape index (κ1) is 17.8. The van der Waals surface area contributed by atoms with Gasteiger partial charge in [-0.15, -0.1) is 0 Å². The van der Waals surface area contributed by atoms with Crippen LogP contribution in [0.2, 0.25) is 0 Å². The topological polar surface area (TPSA) is 115 Å². The van der Waals surface area contributed by atoms with Gasteiger partial charge in [0, 0.05) is 28.7 Å². The van der Waals surface area contributed by atoms with E-state index >= 15 is 0 Å². The molecule has 0 fully saturated rings. The standard InChI is InChI=1S/C21H16FN7O/c22-15-3-1-2-4-17(15)25-19(30)11-29-10-14-13-6-5-12(16-7-8-24-27-16)9-18(13)26-21(23)20(14)28-29/h1-10H,11H2,(H2,23,26)(H,24,27)(H,25,30). The molecule has 1 amide bonds. The van der Waals surface area contributed by atoms with Gasteiger partial charge >= 0.3 is 0 Å². The Hall–Kier alpha value is -4.27. The predicted octanol–water partition coefficient (Wildman–Crippen LogP) is 3.33. The Labute approximate surface area is 169 Å². The van der Waals surface area contributed by atoms with Gasteiger partial charge in [0.25, 0.3) is 0 Å². The highest BCUT2D eigenvalue weighted by Gasteiger charge is 2.14. The molecule has 9 heteroatoms. The molecule has 0 aliphatic heterocycles. The smallest absolute Gasteiger partial charge is 0.246 e. The van der Waals surface area contributed by atoms with E-state index in [0.717, 1.165) is 22.0 Å². The summed E-state index contributed by atoms with van der Waals surface area (Å²) in [5.41, 5.74) is 9.27. The maximum absolute atomic E-state index is 13.7. The van der Waals surface area contributed by atoms with Crippen molar-refractivity contribution in [2.45, 2.75) is 6.54 Å². The summed E-state index contributed by atoms with van der Waals surface area (Å²) in [5, 5.41) is 15.5. The first-order valence-electron chi connectivity index (χ1n) is 9.19. The summed E-state index contributed by atoms with van der Waals surface area (Å²) in [4.78, 5) is 16.8. The minimum absolute atomic E-state index is 0.0871. The molecule has 0 bridgehead atoms. The molecule has 8 nitrogen and oxygen atoms in total. The number of nitrogen functional groups attached to an aromatic ring is 1. The number of aromatic nitrogens is 5. The fourth-order valence-electron chi connectivity index (χ4n) is 3.41. The van der Waals surface area contributed by atoms with Crippen LogP contribution < -0.4 is 11.1 Å². The summed E-state index contributed by atoms with van der Waals surface area (Å²) in [6.07, 6.45) is 3.42. The van der Waals surface area contributed by atoms with Gasteiger partial charge in [-0.05, 0) is 24.3 Å². The quantitative estimate of drug-likeness (QED) is 0.427. The third-order valence-electron chi connectivity index (χ3n) is 4.80. The van der Waals surface area contributed by atoms with E-state index in [1.165, 1.54) is 16.8 Å². The van der Waals surface area contributed by atoms with Crippen molar-refractivity contribution < 1.29 is 9.18 Å². The summed E-state index contributed by atoms with van der Waals surface area (Å²) in [6, 6.07) is 13.7. The molecule has 0 atom stereocenters. The highest BCUT2D eigenvalue weighted by molar-refractivity contribution is 6.08. The van der Waals surface area contributed by atoms with Crippen molar-refractivity contribution in [3.05, 3.63) is 66.7 Å². The van der Waals surface area contributed by atoms with Gasteiger partial charge in [0.15, 0.2) is 5.82 Å². The van der Waals surface area contributed by atoms with Crippen molar-refractivity contribution in [2.24, 2.45) is 0 Å². The monoisotopic (exact) mass is 401 g/mol. The number of benzene rings is 2. The number of anilines is 2. The van der Waals surface area contributed by atoms with Crippen LogP contribution in [-0.2, 0) is 11.3 Å². The number of H-pyrrole nitrogens is 1. The molecule has 0 aliphatic rings. The molecule has 3 aromatic heterocycles. The molecular formula is C21H16FN7O. The molecule has 5 rings (SSSR count). The number of hydrogen-bond acceptors (Lipinski definition) is 5. The fourth-order valence-corrected chi connectivity index (χ4v) is 3.41. The predicted molar refractivity (Wildman–Crippen MR) is 112 cm³/mol. The van der Waals surface area contributed by atoms with Gasteiger partial charge in [0.1, 0.15) is 17.9 Å². The molecule has 0 spiro atoms. The lowest BCUT2D eigenvalue weighted by atomic mass is 10.1. The van der Waals surface area contributed by atoms with E-state index in [2.05, 4.69) is 25.6 Å². The normalized spacial score (nSPS) is 11.2. The van der Waals surface area contributed by atoms with E-state index in [-0.39, 0.29) is 18.1 Å². The lowest BCUT2D eigenvalue weighted by molar-refractivity contribution is -0.116. The lowest BCUT2D eigenvalue weighted by Gasteiger charge is -2.05. The Kier molecular flexibility index (Phi) is 4.13. The Morgan fingerprint density at radius 1 is 1.17 bits per heavy atom. The van der Waals surface area contributed by atoms with Crippen LogP contribution in [0.1, 0.15) is 0 Å². The van der Waals surface area contributed by atoms with Gasteiger partial charge in [-0.1, -0.05) is 24.3 Å². The number of amides is 1. The molecule has 2 aromatic carbocycles. The maximum atomic E-state index is 13.7. The molecule has 0 saturated heterocycles. The van der Waals surface area contributed by atoms with Gasteiger partial charge in [0.2, 0.25) is 5.91 Å². The van der Waals surface area contributed by atoms with E-state index in [1.807, 2.05) is 24.3 Å². The van der Waals surface area contributed by atoms with Crippen LogP contribution in [0.25, 0.3) is 33.1 Å². The highest BCUT2D eigenvalue weighted by Crippen LogP contribution is 2.30. The second kappa shape index (κ2) is 6.96. The molecule has 0 saturated carbocycles. The van der Waals surface area contributed by atoms with E-state index in [0.29, 0.717) is 11.0 Å². The number of nitrogens with two attached hydrogens (primary N) is 1. The SMILES string of the molecule is Nc1nc2cc(-c3ccn[nH]3)ccc2c2cn(CC(=O)Nc3ccccc3F)nc12. The average Bonchev–Trinajstić information content (AvgIpc) is 3.40. The first-order chi connectivity index (χ1) is 14.6. The fraction of sp³-hybridized carbons (Fsp3) is 0.0476. The number of carbonyl (C=O) groups is 1. The van der Waals surface area contributed by atoms with Crippen molar-refractivity contribution in [1.82, 2.24) is 25.0 Å². The number of nitrogens with zero attached hydrogens (tertiary/aromatic N) is 4. The van der Waals surface area contributed by atoms with Crippen LogP contribution in [0.3, 0.4) is 0 Å². The average molecular weight is 401 g/mol. The molecule has 0 unspecified atom stereocenters. The zero-order valence-electron chi connectivity index (χ0n) is 15.6. The van der Waals surface area contributed by atoms with Crippen molar-refractivity contribution in [3.63, 3.8) is 0 Å². The molecule has 148 valence electrons. The van der Waals surface area contributed by atoms with Gasteiger partial charge in [-0.2, -0.15) is 10.2 Å². The molecule has 5 aromatic rings. The van der Waals surface area contributed by atoms with Crippen LogP contribution in [0.15, 0.2) is 60.9 Å². The largest absolute Gasteiger partial charge is 0.382 e. The third-order valence-corrected chi connectivity index (χ3v) is 4.80. The Morgan fingerprint density at radius 3 is 2.83 bits per heavy atom. The lowest BCUT2D eigenvalue weighted by Crippen LogP contribution is -2.19. The van der Waals surface area contributed by atoms with Crippen LogP contribution in [0.4, 0.5) is 15.9 Å². The summed E-state index contributed by atoms with van der Waals surface area (Å²) < 4.78 is 15.2. The number of para-hydroxylation sites is 1. The maximum Gasteiger partial charge on any atom is 0.246 e. The third kappa shape index (κ3) is 3.12. The Morgan fingerprint density at radius 2 is 2.03 bits per heavy atom. The van der Waals surface area contributed by atoms with E-state index < -0.39 is 11.7 Å². The molecule has 3 heterocycles. The number of nitrogens with one attached hydrogen (secondary N) is 2. The molecule has 0 radical (unpaired) electrons. The zero-order valence-corrected chi connectivity index (χ0v) is 15.6. The van der Waals surface area contributed by atoms with Crippen LogP contribution in [0.5, 0.6) is 0 Å². The zero-order chi connectivity index (χ0) is 20.7. The van der Waals surface area contributed by atoms with Crippen LogP contribution >= 0.6 is 0 Å². The van der Waals surface area contributed by atoms with Gasteiger partial charge in [0.05, 0.1) is 16.9 Å². The Bertz CT molecular complexity index is 1390. The van der Waals surface area contributed by atoms with Crippen molar-refractivity contribution in [1.29, 1.82) is 0 Å². The number of hydrogen-bond donors (Lipinski definition) is 3. The van der Waals surface area contributed by atoms with E-state index in [9.17, 15) is 9.18 Å². The van der Waals surface area contributed by atoms with Crippen molar-refractivity contribution >= 4 is 39.2 Å². The second-order valence-corrected chi connectivity index (χ2v) is 6.82. The van der Waals surface area contributed by atoms with Gasteiger partial charge in [-0.25, -0.2) is 9.37 Å². The second-order valence-electron chi connectivity index (χ2n) is 6.82. The number of fused-ring (bicyclic) bond motifs is 3.